The summed E-state index contributed by atoms with van der Waals surface area (Å²) in [4.78, 5) is 36.6. The smallest absolute Gasteiger partial charge is 0.317 e. The molecule has 9 heteroatoms. The molecule has 2 amide bonds. The highest BCUT2D eigenvalue weighted by molar-refractivity contribution is 5.95. The molecular weight excluding hydrogens is 366 g/mol. The number of carbonyl (C=O) groups is 3. The molecule has 0 atom stereocenters. The SMILES string of the molecule is CCN(CC(=O)O)C1CC(NC(=O)c2ccc(OCC(=O)NC)c(OC)c2)C1. The van der Waals surface area contributed by atoms with Gasteiger partial charge < -0.3 is 25.2 Å². The maximum Gasteiger partial charge on any atom is 0.317 e. The van der Waals surface area contributed by atoms with E-state index < -0.39 is 5.97 Å². The molecule has 154 valence electrons. The van der Waals surface area contributed by atoms with E-state index in [0.717, 1.165) is 12.8 Å². The van der Waals surface area contributed by atoms with Crippen LogP contribution in [0, 0.1) is 0 Å². The summed E-state index contributed by atoms with van der Waals surface area (Å²) < 4.78 is 10.6. The van der Waals surface area contributed by atoms with Crippen LogP contribution < -0.4 is 20.1 Å². The predicted octanol–water partition coefficient (Wildman–Crippen LogP) is 0.487. The molecule has 0 heterocycles. The molecule has 2 rings (SSSR count). The number of amides is 2. The molecule has 0 aliphatic heterocycles. The number of hydrogen-bond acceptors (Lipinski definition) is 6. The van der Waals surface area contributed by atoms with Crippen LogP contribution in [0.3, 0.4) is 0 Å². The summed E-state index contributed by atoms with van der Waals surface area (Å²) in [6.07, 6.45) is 1.44. The van der Waals surface area contributed by atoms with E-state index in [1.807, 2.05) is 11.8 Å². The lowest BCUT2D eigenvalue weighted by Crippen LogP contribution is -2.54. The Balaban J connectivity index is 1.91. The van der Waals surface area contributed by atoms with Crippen molar-refractivity contribution in [2.45, 2.75) is 31.8 Å². The van der Waals surface area contributed by atoms with Gasteiger partial charge in [-0.3, -0.25) is 19.3 Å². The number of carboxylic acids is 1. The van der Waals surface area contributed by atoms with E-state index in [9.17, 15) is 14.4 Å². The lowest BCUT2D eigenvalue weighted by molar-refractivity contribution is -0.139. The first-order chi connectivity index (χ1) is 13.4. The van der Waals surface area contributed by atoms with Gasteiger partial charge >= 0.3 is 5.97 Å². The van der Waals surface area contributed by atoms with Gasteiger partial charge in [0.2, 0.25) is 0 Å². The Morgan fingerprint density at radius 2 is 1.96 bits per heavy atom. The molecule has 0 bridgehead atoms. The third kappa shape index (κ3) is 5.59. The Morgan fingerprint density at radius 3 is 2.54 bits per heavy atom. The maximum atomic E-state index is 12.5. The van der Waals surface area contributed by atoms with Crippen molar-refractivity contribution in [3.63, 3.8) is 0 Å². The number of methoxy groups -OCH3 is 1. The van der Waals surface area contributed by atoms with Crippen LogP contribution >= 0.6 is 0 Å². The topological polar surface area (TPSA) is 117 Å². The van der Waals surface area contributed by atoms with Gasteiger partial charge in [0.15, 0.2) is 18.1 Å². The molecule has 0 radical (unpaired) electrons. The molecule has 9 nitrogen and oxygen atoms in total. The summed E-state index contributed by atoms with van der Waals surface area (Å²) in [5.41, 5.74) is 0.422. The van der Waals surface area contributed by atoms with Crippen molar-refractivity contribution < 1.29 is 29.0 Å². The Hall–Kier alpha value is -2.81. The third-order valence-electron chi connectivity index (χ3n) is 4.77. The average Bonchev–Trinajstić information content (AvgIpc) is 2.66. The van der Waals surface area contributed by atoms with E-state index in [2.05, 4.69) is 10.6 Å². The normalized spacial score (nSPS) is 18.1. The molecule has 1 aliphatic rings. The highest BCUT2D eigenvalue weighted by atomic mass is 16.5. The summed E-state index contributed by atoms with van der Waals surface area (Å²) in [6, 6.07) is 4.94. The molecule has 1 aromatic carbocycles. The summed E-state index contributed by atoms with van der Waals surface area (Å²) in [5.74, 6) is -0.617. The monoisotopic (exact) mass is 393 g/mol. The molecule has 28 heavy (non-hydrogen) atoms. The van der Waals surface area contributed by atoms with Gasteiger partial charge in [-0.2, -0.15) is 0 Å². The van der Waals surface area contributed by atoms with E-state index >= 15 is 0 Å². The largest absolute Gasteiger partial charge is 0.493 e. The van der Waals surface area contributed by atoms with Crippen molar-refractivity contribution in [1.82, 2.24) is 15.5 Å². The van der Waals surface area contributed by atoms with Gasteiger partial charge in [-0.15, -0.1) is 0 Å². The number of ether oxygens (including phenoxy) is 2. The molecule has 1 saturated carbocycles. The molecule has 0 aromatic heterocycles. The molecule has 0 saturated heterocycles. The van der Waals surface area contributed by atoms with Gasteiger partial charge in [-0.1, -0.05) is 6.92 Å². The van der Waals surface area contributed by atoms with Gasteiger partial charge in [0.1, 0.15) is 0 Å². The number of carboxylic acid groups (broad SMARTS) is 1. The lowest BCUT2D eigenvalue weighted by atomic mass is 9.85. The Morgan fingerprint density at radius 1 is 1.25 bits per heavy atom. The van der Waals surface area contributed by atoms with Gasteiger partial charge in [-0.05, 0) is 37.6 Å². The van der Waals surface area contributed by atoms with Gasteiger partial charge in [0, 0.05) is 24.7 Å². The zero-order chi connectivity index (χ0) is 20.7. The first-order valence-corrected chi connectivity index (χ1v) is 9.16. The van der Waals surface area contributed by atoms with Crippen molar-refractivity contribution in [1.29, 1.82) is 0 Å². The van der Waals surface area contributed by atoms with Gasteiger partial charge in [-0.25, -0.2) is 0 Å². The molecular formula is C19H27N3O6. The second-order valence-corrected chi connectivity index (χ2v) is 6.58. The Kier molecular flexibility index (Phi) is 7.62. The third-order valence-corrected chi connectivity index (χ3v) is 4.77. The van der Waals surface area contributed by atoms with Gasteiger partial charge in [0.25, 0.3) is 11.8 Å². The maximum absolute atomic E-state index is 12.5. The van der Waals surface area contributed by atoms with E-state index in [1.165, 1.54) is 14.2 Å². The fourth-order valence-electron chi connectivity index (χ4n) is 3.09. The van der Waals surface area contributed by atoms with Crippen molar-refractivity contribution in [2.75, 3.05) is 33.9 Å². The van der Waals surface area contributed by atoms with E-state index in [0.29, 0.717) is 23.6 Å². The number of rotatable bonds is 10. The molecule has 1 aromatic rings. The highest BCUT2D eigenvalue weighted by Gasteiger charge is 2.34. The number of hydrogen-bond donors (Lipinski definition) is 3. The van der Waals surface area contributed by atoms with Crippen LogP contribution in [0.4, 0.5) is 0 Å². The highest BCUT2D eigenvalue weighted by Crippen LogP contribution is 2.29. The lowest BCUT2D eigenvalue weighted by Gasteiger charge is -2.42. The van der Waals surface area contributed by atoms with Crippen molar-refractivity contribution in [2.24, 2.45) is 0 Å². The van der Waals surface area contributed by atoms with Crippen LogP contribution in [0.1, 0.15) is 30.1 Å². The molecule has 1 fully saturated rings. The number of nitrogens with zero attached hydrogens (tertiary/aromatic N) is 1. The Bertz CT molecular complexity index is 718. The predicted molar refractivity (Wildman–Crippen MR) is 102 cm³/mol. The Labute approximate surface area is 164 Å². The minimum Gasteiger partial charge on any atom is -0.493 e. The molecule has 0 spiro atoms. The standard InChI is InChI=1S/C19H27N3O6/c1-4-22(10-18(24)25)14-8-13(9-14)21-19(26)12-5-6-15(16(7-12)27-3)28-11-17(23)20-2/h5-7,13-14H,4,8-11H2,1-3H3,(H,20,23)(H,21,26)(H,24,25). The summed E-state index contributed by atoms with van der Waals surface area (Å²) in [5, 5.41) is 14.4. The quantitative estimate of drug-likeness (QED) is 0.529. The number of carbonyl (C=O) groups excluding carboxylic acids is 2. The first kappa shape index (κ1) is 21.5. The van der Waals surface area contributed by atoms with Crippen LogP contribution in [0.5, 0.6) is 11.5 Å². The first-order valence-electron chi connectivity index (χ1n) is 9.16. The number of benzene rings is 1. The van der Waals surface area contributed by atoms with E-state index in [-0.39, 0.29) is 37.0 Å². The second-order valence-electron chi connectivity index (χ2n) is 6.58. The van der Waals surface area contributed by atoms with Crippen LogP contribution in [0.15, 0.2) is 18.2 Å². The zero-order valence-corrected chi connectivity index (χ0v) is 16.4. The molecule has 0 unspecified atom stereocenters. The van der Waals surface area contributed by atoms with Crippen LogP contribution in [-0.4, -0.2) is 73.7 Å². The average molecular weight is 393 g/mol. The van der Waals surface area contributed by atoms with Crippen molar-refractivity contribution >= 4 is 17.8 Å². The van der Waals surface area contributed by atoms with Gasteiger partial charge in [0.05, 0.1) is 13.7 Å². The number of likely N-dealkylation sites (N-methyl/N-ethyl adjacent to an activating group) is 2. The van der Waals surface area contributed by atoms with E-state index in [4.69, 9.17) is 14.6 Å². The van der Waals surface area contributed by atoms with Crippen LogP contribution in [0.2, 0.25) is 0 Å². The molecule has 1 aliphatic carbocycles. The van der Waals surface area contributed by atoms with Crippen LogP contribution in [0.25, 0.3) is 0 Å². The van der Waals surface area contributed by atoms with Crippen molar-refractivity contribution in [3.05, 3.63) is 23.8 Å². The summed E-state index contributed by atoms with van der Waals surface area (Å²) in [7, 11) is 2.98. The summed E-state index contributed by atoms with van der Waals surface area (Å²) in [6.45, 7) is 2.45. The fourth-order valence-corrected chi connectivity index (χ4v) is 3.09. The minimum absolute atomic E-state index is 0.00974. The fraction of sp³-hybridized carbons (Fsp3) is 0.526. The minimum atomic E-state index is -0.847. The number of aliphatic carboxylic acids is 1. The van der Waals surface area contributed by atoms with Crippen LogP contribution in [-0.2, 0) is 9.59 Å². The zero-order valence-electron chi connectivity index (χ0n) is 16.4. The van der Waals surface area contributed by atoms with E-state index in [1.54, 1.807) is 18.2 Å². The second kappa shape index (κ2) is 9.93. The molecule has 3 N–H and O–H groups in total. The van der Waals surface area contributed by atoms with Crippen molar-refractivity contribution in [3.8, 4) is 11.5 Å². The number of nitrogens with one attached hydrogen (secondary N) is 2. The summed E-state index contributed by atoms with van der Waals surface area (Å²) >= 11 is 0.